The van der Waals surface area contributed by atoms with Gasteiger partial charge in [0.1, 0.15) is 24.7 Å². The number of rotatable bonds is 8. The van der Waals surface area contributed by atoms with Crippen molar-refractivity contribution in [1.82, 2.24) is 4.57 Å². The van der Waals surface area contributed by atoms with Crippen LogP contribution in [0.3, 0.4) is 0 Å². The number of amides is 1. The van der Waals surface area contributed by atoms with Crippen LogP contribution >= 0.6 is 0 Å². The molecule has 1 heterocycles. The summed E-state index contributed by atoms with van der Waals surface area (Å²) < 4.78 is 13.2. The molecule has 0 unspecified atom stereocenters. The summed E-state index contributed by atoms with van der Waals surface area (Å²) in [5, 5.41) is 0. The van der Waals surface area contributed by atoms with E-state index in [2.05, 4.69) is 4.99 Å². The Morgan fingerprint density at radius 1 is 0.824 bits per heavy atom. The van der Waals surface area contributed by atoms with Crippen molar-refractivity contribution in [3.63, 3.8) is 0 Å². The van der Waals surface area contributed by atoms with E-state index in [0.29, 0.717) is 6.61 Å². The number of guanidine groups is 1. The van der Waals surface area contributed by atoms with Crippen LogP contribution in [0.2, 0.25) is 0 Å². The van der Waals surface area contributed by atoms with Crippen LogP contribution in [0.4, 0.5) is 0 Å². The van der Waals surface area contributed by atoms with Crippen molar-refractivity contribution in [2.24, 2.45) is 16.5 Å². The number of nitrogens with two attached hydrogens (primary N) is 2. The molecule has 34 heavy (non-hydrogen) atoms. The molecule has 7 heteroatoms. The van der Waals surface area contributed by atoms with Crippen LogP contribution in [-0.4, -0.2) is 23.5 Å². The fraction of sp³-hybridized carbons (Fsp3) is 0.111. The second-order valence-electron chi connectivity index (χ2n) is 7.65. The lowest BCUT2D eigenvalue weighted by Gasteiger charge is -2.14. The first-order chi connectivity index (χ1) is 16.5. The van der Waals surface area contributed by atoms with E-state index in [1.807, 2.05) is 95.6 Å². The van der Waals surface area contributed by atoms with Crippen molar-refractivity contribution >= 4 is 11.9 Å². The predicted octanol–water partition coefficient (Wildman–Crippen LogP) is 4.21. The average molecular weight is 455 g/mol. The molecule has 1 aromatic heterocycles. The second-order valence-corrected chi connectivity index (χ2v) is 7.65. The van der Waals surface area contributed by atoms with Crippen molar-refractivity contribution in [2.75, 3.05) is 7.11 Å². The third-order valence-electron chi connectivity index (χ3n) is 5.29. The van der Waals surface area contributed by atoms with Crippen molar-refractivity contribution in [3.8, 4) is 34.0 Å². The Balaban J connectivity index is 1.64. The summed E-state index contributed by atoms with van der Waals surface area (Å²) in [5.74, 6) is 0.781. The number of aliphatic imine (C=N–C) groups is 1. The number of carbonyl (C=O) groups is 1. The van der Waals surface area contributed by atoms with Gasteiger partial charge in [-0.2, -0.15) is 4.99 Å². The van der Waals surface area contributed by atoms with Crippen LogP contribution in [0.15, 0.2) is 96.0 Å². The maximum Gasteiger partial charge on any atom is 0.268 e. The topological polar surface area (TPSA) is 105 Å². The molecule has 0 radical (unpaired) electrons. The third-order valence-corrected chi connectivity index (χ3v) is 5.29. The first-order valence-electron chi connectivity index (χ1n) is 10.8. The molecule has 0 aliphatic rings. The molecule has 0 saturated heterocycles. The number of aromatic nitrogens is 1. The normalized spacial score (nSPS) is 10.5. The van der Waals surface area contributed by atoms with E-state index in [1.54, 1.807) is 7.11 Å². The standard InChI is InChI=1S/C27H26N4O3/c1-33-23-9-5-8-21(16-23)25-15-14-24(31(25)17-26(32)30-27(28)29)20-10-12-22(13-11-20)34-18-19-6-3-2-4-7-19/h2-16H,17-18H2,1H3,(H4,28,29,30,32). The summed E-state index contributed by atoms with van der Waals surface area (Å²) in [6, 6.07) is 29.3. The van der Waals surface area contributed by atoms with E-state index < -0.39 is 5.91 Å². The monoisotopic (exact) mass is 454 g/mol. The Morgan fingerprint density at radius 3 is 2.21 bits per heavy atom. The smallest absolute Gasteiger partial charge is 0.268 e. The quantitative estimate of drug-likeness (QED) is 0.307. The van der Waals surface area contributed by atoms with E-state index in [9.17, 15) is 4.79 Å². The van der Waals surface area contributed by atoms with Gasteiger partial charge in [-0.1, -0.05) is 42.5 Å². The Bertz CT molecular complexity index is 1290. The van der Waals surface area contributed by atoms with E-state index in [-0.39, 0.29) is 12.5 Å². The molecule has 0 fully saturated rings. The van der Waals surface area contributed by atoms with Gasteiger partial charge in [0.2, 0.25) is 0 Å². The first kappa shape index (κ1) is 22.7. The van der Waals surface area contributed by atoms with Gasteiger partial charge in [0.05, 0.1) is 7.11 Å². The van der Waals surface area contributed by atoms with Gasteiger partial charge in [0.15, 0.2) is 5.96 Å². The van der Waals surface area contributed by atoms with Crippen molar-refractivity contribution in [1.29, 1.82) is 0 Å². The average Bonchev–Trinajstić information content (AvgIpc) is 3.26. The number of hydrogen-bond acceptors (Lipinski definition) is 3. The fourth-order valence-electron chi connectivity index (χ4n) is 3.70. The van der Waals surface area contributed by atoms with Crippen molar-refractivity contribution < 1.29 is 14.3 Å². The number of carbonyl (C=O) groups excluding carboxylic acids is 1. The fourth-order valence-corrected chi connectivity index (χ4v) is 3.70. The summed E-state index contributed by atoms with van der Waals surface area (Å²) >= 11 is 0. The highest BCUT2D eigenvalue weighted by atomic mass is 16.5. The van der Waals surface area contributed by atoms with Gasteiger partial charge in [0, 0.05) is 17.0 Å². The molecule has 7 nitrogen and oxygen atoms in total. The van der Waals surface area contributed by atoms with Gasteiger partial charge in [-0.3, -0.25) is 4.79 Å². The molecular formula is C27H26N4O3. The molecule has 172 valence electrons. The lowest BCUT2D eigenvalue weighted by atomic mass is 10.1. The number of benzene rings is 3. The molecule has 0 saturated carbocycles. The molecule has 0 spiro atoms. The molecule has 0 atom stereocenters. The third kappa shape index (κ3) is 5.45. The Hall–Kier alpha value is -4.52. The lowest BCUT2D eigenvalue weighted by Crippen LogP contribution is -2.25. The minimum atomic E-state index is -0.440. The summed E-state index contributed by atoms with van der Waals surface area (Å²) in [7, 11) is 1.62. The van der Waals surface area contributed by atoms with Gasteiger partial charge < -0.3 is 25.5 Å². The van der Waals surface area contributed by atoms with Gasteiger partial charge in [-0.25, -0.2) is 0 Å². The molecule has 1 amide bonds. The van der Waals surface area contributed by atoms with Gasteiger partial charge in [0.25, 0.3) is 5.91 Å². The zero-order valence-electron chi connectivity index (χ0n) is 18.8. The van der Waals surface area contributed by atoms with Crippen LogP contribution in [0.25, 0.3) is 22.5 Å². The molecule has 4 rings (SSSR count). The van der Waals surface area contributed by atoms with Gasteiger partial charge in [-0.05, 0) is 59.7 Å². The maximum atomic E-state index is 12.5. The van der Waals surface area contributed by atoms with E-state index in [1.165, 1.54) is 0 Å². The molecule has 4 N–H and O–H groups in total. The zero-order chi connectivity index (χ0) is 23.9. The lowest BCUT2D eigenvalue weighted by molar-refractivity contribution is -0.118. The second kappa shape index (κ2) is 10.4. The van der Waals surface area contributed by atoms with Crippen LogP contribution in [0.5, 0.6) is 11.5 Å². The highest BCUT2D eigenvalue weighted by Crippen LogP contribution is 2.32. The molecule has 3 aromatic carbocycles. The summed E-state index contributed by atoms with van der Waals surface area (Å²) in [4.78, 5) is 16.2. The molecule has 0 aliphatic heterocycles. The highest BCUT2D eigenvalue weighted by molar-refractivity contribution is 5.92. The Kier molecular flexibility index (Phi) is 6.93. The summed E-state index contributed by atoms with van der Waals surface area (Å²) in [5.41, 5.74) is 15.5. The van der Waals surface area contributed by atoms with E-state index in [0.717, 1.165) is 39.6 Å². The number of methoxy groups -OCH3 is 1. The largest absolute Gasteiger partial charge is 0.497 e. The van der Waals surface area contributed by atoms with Gasteiger partial charge in [-0.15, -0.1) is 0 Å². The SMILES string of the molecule is COc1cccc(-c2ccc(-c3ccc(OCc4ccccc4)cc3)n2CC(=O)N=C(N)N)c1. The molecule has 0 bridgehead atoms. The number of nitrogens with zero attached hydrogens (tertiary/aromatic N) is 2. The van der Waals surface area contributed by atoms with E-state index in [4.69, 9.17) is 20.9 Å². The zero-order valence-corrected chi connectivity index (χ0v) is 18.8. The minimum Gasteiger partial charge on any atom is -0.497 e. The van der Waals surface area contributed by atoms with Crippen LogP contribution < -0.4 is 20.9 Å². The number of ether oxygens (including phenoxy) is 2. The predicted molar refractivity (Wildman–Crippen MR) is 133 cm³/mol. The molecular weight excluding hydrogens is 428 g/mol. The van der Waals surface area contributed by atoms with Crippen LogP contribution in [0, 0.1) is 0 Å². The Labute approximate surface area is 198 Å². The number of hydrogen-bond donors (Lipinski definition) is 2. The maximum absolute atomic E-state index is 12.5. The van der Waals surface area contributed by atoms with E-state index >= 15 is 0 Å². The van der Waals surface area contributed by atoms with Crippen molar-refractivity contribution in [3.05, 3.63) is 96.6 Å². The summed E-state index contributed by atoms with van der Waals surface area (Å²) in [6.45, 7) is 0.475. The van der Waals surface area contributed by atoms with Crippen molar-refractivity contribution in [2.45, 2.75) is 13.2 Å². The van der Waals surface area contributed by atoms with Gasteiger partial charge >= 0.3 is 0 Å². The first-order valence-corrected chi connectivity index (χ1v) is 10.8. The Morgan fingerprint density at radius 2 is 1.53 bits per heavy atom. The van der Waals surface area contributed by atoms with Crippen LogP contribution in [-0.2, 0) is 17.9 Å². The minimum absolute atomic E-state index is 0.0148. The molecule has 0 aliphatic carbocycles. The highest BCUT2D eigenvalue weighted by Gasteiger charge is 2.15. The summed E-state index contributed by atoms with van der Waals surface area (Å²) in [6.07, 6.45) is 0. The molecule has 4 aromatic rings. The van der Waals surface area contributed by atoms with Crippen LogP contribution in [0.1, 0.15) is 5.56 Å².